The summed E-state index contributed by atoms with van der Waals surface area (Å²) >= 11 is 0. The second kappa shape index (κ2) is 8.38. The minimum absolute atomic E-state index is 0.000750. The molecule has 2 aliphatic heterocycles. The number of benzene rings is 3. The zero-order chi connectivity index (χ0) is 22.1. The topological polar surface area (TPSA) is 67.9 Å². The van der Waals surface area contributed by atoms with E-state index in [-0.39, 0.29) is 24.3 Å². The van der Waals surface area contributed by atoms with Crippen molar-refractivity contribution in [1.29, 1.82) is 0 Å². The van der Waals surface area contributed by atoms with Crippen molar-refractivity contribution < 1.29 is 19.1 Å². The highest BCUT2D eigenvalue weighted by atomic mass is 16.5. The van der Waals surface area contributed by atoms with Gasteiger partial charge in [0.05, 0.1) is 12.8 Å². The lowest BCUT2D eigenvalue weighted by atomic mass is 9.76. The SMILES string of the molecule is COc1cccc(C(c2ccccc2)C2CN(C(=O)c3ccc4c(c3)NC(=O)CO4)C2)c1. The Labute approximate surface area is 186 Å². The average Bonchev–Trinajstić information content (AvgIpc) is 2.80. The van der Waals surface area contributed by atoms with Gasteiger partial charge in [-0.3, -0.25) is 9.59 Å². The normalized spacial score (nSPS) is 16.3. The van der Waals surface area contributed by atoms with Crippen molar-refractivity contribution in [2.45, 2.75) is 5.92 Å². The first-order valence-electron chi connectivity index (χ1n) is 10.7. The van der Waals surface area contributed by atoms with Gasteiger partial charge in [0.1, 0.15) is 11.5 Å². The van der Waals surface area contributed by atoms with Crippen molar-refractivity contribution in [3.8, 4) is 11.5 Å². The Bertz CT molecular complexity index is 1160. The third kappa shape index (κ3) is 3.80. The second-order valence-corrected chi connectivity index (χ2v) is 8.18. The fourth-order valence-electron chi connectivity index (χ4n) is 4.52. The van der Waals surface area contributed by atoms with Crippen LogP contribution in [-0.4, -0.2) is 43.5 Å². The number of carbonyl (C=O) groups is 2. The van der Waals surface area contributed by atoms with Crippen molar-refractivity contribution in [3.63, 3.8) is 0 Å². The molecule has 2 heterocycles. The number of hydrogen-bond donors (Lipinski definition) is 1. The van der Waals surface area contributed by atoms with E-state index < -0.39 is 0 Å². The van der Waals surface area contributed by atoms with Crippen molar-refractivity contribution >= 4 is 17.5 Å². The Morgan fingerprint density at radius 1 is 1.03 bits per heavy atom. The van der Waals surface area contributed by atoms with Gasteiger partial charge >= 0.3 is 0 Å². The average molecular weight is 428 g/mol. The van der Waals surface area contributed by atoms with Crippen molar-refractivity contribution in [2.75, 3.05) is 32.1 Å². The van der Waals surface area contributed by atoms with Gasteiger partial charge in [-0.25, -0.2) is 0 Å². The fraction of sp³-hybridized carbons (Fsp3) is 0.231. The standard InChI is InChI=1S/C26H24N2O4/c1-31-21-9-5-8-18(12-21)25(17-6-3-2-4-7-17)20-14-28(15-20)26(30)19-10-11-23-22(13-19)27-24(29)16-32-23/h2-13,20,25H,14-16H2,1H3,(H,27,29). The van der Waals surface area contributed by atoms with E-state index in [9.17, 15) is 9.59 Å². The Morgan fingerprint density at radius 3 is 2.59 bits per heavy atom. The first-order valence-corrected chi connectivity index (χ1v) is 10.7. The van der Waals surface area contributed by atoms with Crippen LogP contribution in [-0.2, 0) is 4.79 Å². The molecule has 1 unspecified atom stereocenters. The van der Waals surface area contributed by atoms with Crippen LogP contribution in [0.5, 0.6) is 11.5 Å². The van der Waals surface area contributed by atoms with Crippen LogP contribution in [0.4, 0.5) is 5.69 Å². The van der Waals surface area contributed by atoms with Gasteiger partial charge in [0, 0.05) is 30.5 Å². The molecule has 0 bridgehead atoms. The molecular weight excluding hydrogens is 404 g/mol. The Kier molecular flexibility index (Phi) is 5.27. The maximum absolute atomic E-state index is 13.1. The van der Waals surface area contributed by atoms with E-state index in [1.165, 1.54) is 11.1 Å². The lowest BCUT2D eigenvalue weighted by Gasteiger charge is -2.44. The van der Waals surface area contributed by atoms with Gasteiger partial charge in [-0.05, 0) is 41.5 Å². The summed E-state index contributed by atoms with van der Waals surface area (Å²) in [6, 6.07) is 23.7. The number of rotatable bonds is 5. The van der Waals surface area contributed by atoms with Crippen molar-refractivity contribution in [2.24, 2.45) is 5.92 Å². The number of nitrogens with zero attached hydrogens (tertiary/aromatic N) is 1. The fourth-order valence-corrected chi connectivity index (χ4v) is 4.52. The molecule has 0 aromatic heterocycles. The Morgan fingerprint density at radius 2 is 1.81 bits per heavy atom. The molecule has 1 saturated heterocycles. The van der Waals surface area contributed by atoms with Gasteiger partial charge < -0.3 is 19.7 Å². The van der Waals surface area contributed by atoms with E-state index in [2.05, 4.69) is 29.6 Å². The summed E-state index contributed by atoms with van der Waals surface area (Å²) < 4.78 is 10.8. The summed E-state index contributed by atoms with van der Waals surface area (Å²) in [5, 5.41) is 2.76. The largest absolute Gasteiger partial charge is 0.497 e. The Hall–Kier alpha value is -3.80. The van der Waals surface area contributed by atoms with Crippen LogP contribution in [0.2, 0.25) is 0 Å². The van der Waals surface area contributed by atoms with Gasteiger partial charge in [0.25, 0.3) is 11.8 Å². The number of nitrogens with one attached hydrogen (secondary N) is 1. The minimum Gasteiger partial charge on any atom is -0.497 e. The summed E-state index contributed by atoms with van der Waals surface area (Å²) in [6.45, 7) is 1.32. The number of anilines is 1. The van der Waals surface area contributed by atoms with E-state index in [0.717, 1.165) is 5.75 Å². The van der Waals surface area contributed by atoms with E-state index in [1.54, 1.807) is 25.3 Å². The highest BCUT2D eigenvalue weighted by Gasteiger charge is 2.38. The summed E-state index contributed by atoms with van der Waals surface area (Å²) in [7, 11) is 1.67. The molecular formula is C26H24N2O4. The molecule has 2 amide bonds. The van der Waals surface area contributed by atoms with Crippen molar-refractivity contribution in [3.05, 3.63) is 89.5 Å². The molecule has 1 atom stereocenters. The summed E-state index contributed by atoms with van der Waals surface area (Å²) in [5.74, 6) is 1.64. The van der Waals surface area contributed by atoms with Gasteiger partial charge in [-0.1, -0.05) is 42.5 Å². The monoisotopic (exact) mass is 428 g/mol. The van der Waals surface area contributed by atoms with Crippen LogP contribution in [0.3, 0.4) is 0 Å². The predicted molar refractivity (Wildman–Crippen MR) is 121 cm³/mol. The molecule has 162 valence electrons. The molecule has 3 aromatic carbocycles. The number of carbonyl (C=O) groups excluding carboxylic acids is 2. The molecule has 32 heavy (non-hydrogen) atoms. The van der Waals surface area contributed by atoms with E-state index >= 15 is 0 Å². The van der Waals surface area contributed by atoms with E-state index in [0.29, 0.717) is 36.0 Å². The molecule has 5 rings (SSSR count). The lowest BCUT2D eigenvalue weighted by Crippen LogP contribution is -2.52. The minimum atomic E-state index is -0.213. The first-order chi connectivity index (χ1) is 15.6. The molecule has 1 fully saturated rings. The number of hydrogen-bond acceptors (Lipinski definition) is 4. The number of methoxy groups -OCH3 is 1. The second-order valence-electron chi connectivity index (χ2n) is 8.18. The summed E-state index contributed by atoms with van der Waals surface area (Å²) in [5.41, 5.74) is 3.50. The van der Waals surface area contributed by atoms with Crippen LogP contribution in [0.15, 0.2) is 72.8 Å². The molecule has 0 spiro atoms. The first kappa shape index (κ1) is 20.1. The van der Waals surface area contributed by atoms with Crippen molar-refractivity contribution in [1.82, 2.24) is 4.90 Å². The van der Waals surface area contributed by atoms with E-state index in [1.807, 2.05) is 35.2 Å². The van der Waals surface area contributed by atoms with Crippen LogP contribution in [0.1, 0.15) is 27.4 Å². The van der Waals surface area contributed by atoms with E-state index in [4.69, 9.17) is 9.47 Å². The zero-order valence-corrected chi connectivity index (χ0v) is 17.8. The van der Waals surface area contributed by atoms with Gasteiger partial charge in [0.2, 0.25) is 0 Å². The summed E-state index contributed by atoms with van der Waals surface area (Å²) in [4.78, 5) is 26.5. The lowest BCUT2D eigenvalue weighted by molar-refractivity contribution is -0.118. The quantitative estimate of drug-likeness (QED) is 0.669. The number of amides is 2. The highest BCUT2D eigenvalue weighted by molar-refractivity contribution is 6.00. The van der Waals surface area contributed by atoms with Gasteiger partial charge in [-0.15, -0.1) is 0 Å². The third-order valence-corrected chi connectivity index (χ3v) is 6.14. The Balaban J connectivity index is 1.35. The maximum Gasteiger partial charge on any atom is 0.262 e. The van der Waals surface area contributed by atoms with Crippen LogP contribution in [0, 0.1) is 5.92 Å². The zero-order valence-electron chi connectivity index (χ0n) is 17.8. The number of likely N-dealkylation sites (tertiary alicyclic amines) is 1. The smallest absolute Gasteiger partial charge is 0.262 e. The molecule has 2 aliphatic rings. The predicted octanol–water partition coefficient (Wildman–Crippen LogP) is 3.93. The molecule has 1 N–H and O–H groups in total. The molecule has 3 aromatic rings. The van der Waals surface area contributed by atoms with Gasteiger partial charge in [-0.2, -0.15) is 0 Å². The molecule has 0 radical (unpaired) electrons. The van der Waals surface area contributed by atoms with Crippen LogP contribution in [0.25, 0.3) is 0 Å². The van der Waals surface area contributed by atoms with Gasteiger partial charge in [0.15, 0.2) is 6.61 Å². The highest BCUT2D eigenvalue weighted by Crippen LogP contribution is 2.39. The van der Waals surface area contributed by atoms with Crippen LogP contribution >= 0.6 is 0 Å². The molecule has 0 saturated carbocycles. The number of ether oxygens (including phenoxy) is 2. The summed E-state index contributed by atoms with van der Waals surface area (Å²) in [6.07, 6.45) is 0. The molecule has 6 nitrogen and oxygen atoms in total. The third-order valence-electron chi connectivity index (χ3n) is 6.14. The molecule has 0 aliphatic carbocycles. The molecule has 6 heteroatoms. The van der Waals surface area contributed by atoms with Crippen LogP contribution < -0.4 is 14.8 Å². The number of fused-ring (bicyclic) bond motifs is 1. The maximum atomic E-state index is 13.1.